The summed E-state index contributed by atoms with van der Waals surface area (Å²) < 4.78 is 0. The average molecular weight is 200 g/mol. The maximum Gasteiger partial charge on any atom is 0.237 e. The maximum absolute atomic E-state index is 11.6. The summed E-state index contributed by atoms with van der Waals surface area (Å²) in [4.78, 5) is 11.6. The minimum Gasteiger partial charge on any atom is -0.352 e. The van der Waals surface area contributed by atoms with Gasteiger partial charge in [0.25, 0.3) is 0 Å². The predicted octanol–water partition coefficient (Wildman–Crippen LogP) is 1.52. The molecule has 0 fully saturated rings. The van der Waals surface area contributed by atoms with Gasteiger partial charge >= 0.3 is 0 Å². The van der Waals surface area contributed by atoms with Gasteiger partial charge in [0.15, 0.2) is 0 Å². The first-order chi connectivity index (χ1) is 6.16. The molecule has 0 aliphatic carbocycles. The summed E-state index contributed by atoms with van der Waals surface area (Å²) in [6.07, 6.45) is 0. The van der Waals surface area contributed by atoms with Gasteiger partial charge in [-0.3, -0.25) is 4.79 Å². The van der Waals surface area contributed by atoms with Crippen molar-refractivity contribution >= 4 is 5.91 Å². The molecular weight excluding hydrogens is 176 g/mol. The fourth-order valence-electron chi connectivity index (χ4n) is 0.829. The smallest absolute Gasteiger partial charge is 0.237 e. The normalized spacial score (nSPS) is 16.6. The Kier molecular flexibility index (Phi) is 4.59. The Morgan fingerprint density at radius 1 is 1.21 bits per heavy atom. The lowest BCUT2D eigenvalue weighted by molar-refractivity contribution is -0.124. The largest absolute Gasteiger partial charge is 0.352 e. The molecule has 0 heterocycles. The van der Waals surface area contributed by atoms with E-state index in [-0.39, 0.29) is 23.3 Å². The molecular formula is C11H24N2O. The molecule has 0 radical (unpaired) electrons. The zero-order valence-electron chi connectivity index (χ0n) is 10.2. The first-order valence-corrected chi connectivity index (χ1v) is 5.22. The van der Waals surface area contributed by atoms with Crippen molar-refractivity contribution in [2.75, 3.05) is 0 Å². The maximum atomic E-state index is 11.6. The highest BCUT2D eigenvalue weighted by Gasteiger charge is 2.25. The number of nitrogens with two attached hydrogens (primary N) is 1. The highest BCUT2D eigenvalue weighted by Crippen LogP contribution is 2.18. The summed E-state index contributed by atoms with van der Waals surface area (Å²) in [6.45, 7) is 12.2. The number of hydrogen-bond donors (Lipinski definition) is 2. The third kappa shape index (κ3) is 4.09. The Bertz CT molecular complexity index is 194. The van der Waals surface area contributed by atoms with Crippen LogP contribution < -0.4 is 11.1 Å². The van der Waals surface area contributed by atoms with E-state index in [1.54, 1.807) is 0 Å². The minimum absolute atomic E-state index is 0.0533. The van der Waals surface area contributed by atoms with Crippen molar-refractivity contribution in [2.24, 2.45) is 17.1 Å². The van der Waals surface area contributed by atoms with Gasteiger partial charge in [0.05, 0.1) is 6.04 Å². The third-order valence-corrected chi connectivity index (χ3v) is 2.68. The molecule has 0 aromatic heterocycles. The van der Waals surface area contributed by atoms with Crippen LogP contribution in [0.3, 0.4) is 0 Å². The van der Waals surface area contributed by atoms with Crippen LogP contribution in [0, 0.1) is 11.3 Å². The van der Waals surface area contributed by atoms with Crippen molar-refractivity contribution < 1.29 is 4.79 Å². The van der Waals surface area contributed by atoms with E-state index in [1.807, 2.05) is 20.8 Å². The van der Waals surface area contributed by atoms with Crippen LogP contribution in [0.2, 0.25) is 0 Å². The molecule has 0 bridgehead atoms. The number of carbonyl (C=O) groups is 1. The number of nitrogens with one attached hydrogen (secondary N) is 1. The molecule has 3 nitrogen and oxygen atoms in total. The van der Waals surface area contributed by atoms with Gasteiger partial charge in [0.2, 0.25) is 5.91 Å². The lowest BCUT2D eigenvalue weighted by Crippen LogP contribution is -2.50. The van der Waals surface area contributed by atoms with Crippen molar-refractivity contribution in [3.63, 3.8) is 0 Å². The van der Waals surface area contributed by atoms with Gasteiger partial charge in [-0.25, -0.2) is 0 Å². The van der Waals surface area contributed by atoms with E-state index in [4.69, 9.17) is 5.73 Å². The first kappa shape index (κ1) is 13.4. The molecule has 84 valence electrons. The van der Waals surface area contributed by atoms with Gasteiger partial charge < -0.3 is 11.1 Å². The molecule has 0 aromatic rings. The van der Waals surface area contributed by atoms with Gasteiger partial charge in [-0.1, -0.05) is 34.6 Å². The van der Waals surface area contributed by atoms with Gasteiger partial charge in [0, 0.05) is 6.04 Å². The molecule has 2 atom stereocenters. The SMILES string of the molecule is CC(C)C(N)C(=O)NC(C)C(C)(C)C. The highest BCUT2D eigenvalue weighted by molar-refractivity contribution is 5.82. The monoisotopic (exact) mass is 200 g/mol. The van der Waals surface area contributed by atoms with Gasteiger partial charge in [-0.15, -0.1) is 0 Å². The van der Waals surface area contributed by atoms with Gasteiger partial charge in [-0.05, 0) is 18.3 Å². The van der Waals surface area contributed by atoms with E-state index in [2.05, 4.69) is 26.1 Å². The zero-order chi connectivity index (χ0) is 11.5. The Balaban J connectivity index is 4.20. The highest BCUT2D eigenvalue weighted by atomic mass is 16.2. The van der Waals surface area contributed by atoms with Crippen molar-refractivity contribution in [1.82, 2.24) is 5.32 Å². The van der Waals surface area contributed by atoms with Crippen LogP contribution in [0.5, 0.6) is 0 Å². The fraction of sp³-hybridized carbons (Fsp3) is 0.909. The molecule has 0 aromatic carbocycles. The molecule has 3 heteroatoms. The topological polar surface area (TPSA) is 55.1 Å². The summed E-state index contributed by atoms with van der Waals surface area (Å²) in [5.74, 6) is 0.129. The quantitative estimate of drug-likeness (QED) is 0.725. The second-order valence-corrected chi connectivity index (χ2v) is 5.37. The Labute approximate surface area is 87.4 Å². The summed E-state index contributed by atoms with van der Waals surface area (Å²) in [7, 11) is 0. The summed E-state index contributed by atoms with van der Waals surface area (Å²) in [5.41, 5.74) is 5.82. The van der Waals surface area contributed by atoms with E-state index in [9.17, 15) is 4.79 Å². The van der Waals surface area contributed by atoms with E-state index in [1.165, 1.54) is 0 Å². The second-order valence-electron chi connectivity index (χ2n) is 5.37. The summed E-state index contributed by atoms with van der Waals surface area (Å²) >= 11 is 0. The molecule has 2 unspecified atom stereocenters. The molecule has 0 rings (SSSR count). The molecule has 0 saturated heterocycles. The molecule has 0 spiro atoms. The Morgan fingerprint density at radius 2 is 1.64 bits per heavy atom. The molecule has 14 heavy (non-hydrogen) atoms. The molecule has 1 amide bonds. The predicted molar refractivity (Wildman–Crippen MR) is 59.9 cm³/mol. The van der Waals surface area contributed by atoms with Crippen molar-refractivity contribution in [1.29, 1.82) is 0 Å². The number of amides is 1. The van der Waals surface area contributed by atoms with Crippen LogP contribution >= 0.6 is 0 Å². The van der Waals surface area contributed by atoms with E-state index in [0.717, 1.165) is 0 Å². The van der Waals surface area contributed by atoms with Gasteiger partial charge in [-0.2, -0.15) is 0 Å². The molecule has 0 aliphatic heterocycles. The van der Waals surface area contributed by atoms with Crippen LogP contribution in [-0.2, 0) is 4.79 Å². The van der Waals surface area contributed by atoms with Crippen LogP contribution in [0.25, 0.3) is 0 Å². The van der Waals surface area contributed by atoms with E-state index in [0.29, 0.717) is 0 Å². The minimum atomic E-state index is -0.403. The number of rotatable bonds is 3. The first-order valence-electron chi connectivity index (χ1n) is 5.22. The average Bonchev–Trinajstić information content (AvgIpc) is 2.00. The molecule has 0 saturated carbocycles. The zero-order valence-corrected chi connectivity index (χ0v) is 10.2. The standard InChI is InChI=1S/C11H24N2O/c1-7(2)9(12)10(14)13-8(3)11(4,5)6/h7-9H,12H2,1-6H3,(H,13,14). The number of carbonyl (C=O) groups excluding carboxylic acids is 1. The Hall–Kier alpha value is -0.570. The number of hydrogen-bond acceptors (Lipinski definition) is 2. The second kappa shape index (κ2) is 4.78. The van der Waals surface area contributed by atoms with E-state index >= 15 is 0 Å². The summed E-state index contributed by atoms with van der Waals surface area (Å²) in [5, 5.41) is 2.94. The lowest BCUT2D eigenvalue weighted by Gasteiger charge is -2.29. The van der Waals surface area contributed by atoms with E-state index < -0.39 is 6.04 Å². The van der Waals surface area contributed by atoms with Crippen molar-refractivity contribution in [3.05, 3.63) is 0 Å². The Morgan fingerprint density at radius 3 is 1.93 bits per heavy atom. The molecule has 0 aliphatic rings. The summed E-state index contributed by atoms with van der Waals surface area (Å²) in [6, 6.07) is -0.264. The lowest BCUT2D eigenvalue weighted by atomic mass is 9.87. The van der Waals surface area contributed by atoms with Gasteiger partial charge in [0.1, 0.15) is 0 Å². The third-order valence-electron chi connectivity index (χ3n) is 2.68. The molecule has 3 N–H and O–H groups in total. The van der Waals surface area contributed by atoms with Crippen LogP contribution in [0.4, 0.5) is 0 Å². The van der Waals surface area contributed by atoms with Crippen LogP contribution in [0.15, 0.2) is 0 Å². The van der Waals surface area contributed by atoms with Crippen molar-refractivity contribution in [3.8, 4) is 0 Å². The van der Waals surface area contributed by atoms with Crippen LogP contribution in [-0.4, -0.2) is 18.0 Å². The van der Waals surface area contributed by atoms with Crippen molar-refractivity contribution in [2.45, 2.75) is 53.6 Å². The fourth-order valence-corrected chi connectivity index (χ4v) is 0.829. The van der Waals surface area contributed by atoms with Crippen LogP contribution in [0.1, 0.15) is 41.5 Å².